The van der Waals surface area contributed by atoms with Crippen molar-refractivity contribution in [2.75, 3.05) is 26.2 Å². The van der Waals surface area contributed by atoms with Crippen molar-refractivity contribution >= 4 is 17.8 Å². The van der Waals surface area contributed by atoms with Gasteiger partial charge in [-0.3, -0.25) is 14.4 Å². The molecule has 2 unspecified atom stereocenters. The van der Waals surface area contributed by atoms with Crippen LogP contribution in [-0.2, 0) is 19.1 Å². The van der Waals surface area contributed by atoms with Gasteiger partial charge in [-0.25, -0.2) is 0 Å². The van der Waals surface area contributed by atoms with Crippen molar-refractivity contribution in [3.63, 3.8) is 0 Å². The van der Waals surface area contributed by atoms with Crippen LogP contribution in [0.5, 0.6) is 0 Å². The summed E-state index contributed by atoms with van der Waals surface area (Å²) in [6, 6.07) is 0.289. The molecule has 1 aliphatic heterocycles. The first-order chi connectivity index (χ1) is 27.5. The predicted octanol–water partition coefficient (Wildman–Crippen LogP) is 13.0. The first-order valence-electron chi connectivity index (χ1n) is 25.0. The summed E-state index contributed by atoms with van der Waals surface area (Å²) in [7, 11) is 0. The predicted molar refractivity (Wildman–Crippen MR) is 237 cm³/mol. The second-order valence-corrected chi connectivity index (χ2v) is 17.9. The molecule has 56 heavy (non-hydrogen) atoms. The first-order valence-corrected chi connectivity index (χ1v) is 25.0. The minimum Gasteiger partial charge on any atom is -0.456 e. The standard InChI is InChI=1S/C49H93N3O4/c1-4-7-9-11-13-15-17-18-19-21-23-25-31-39-48(54)56-43-47(53)52(42-34-41-51-40-33-32-37-45(51)6-3)46(49(55)50-44-35-28-26-27-29-36-44)38-30-24-22-20-16-14-12-10-8-5-2/h44-46H,4-43H2,1-3H3,(H,50,55). The van der Waals surface area contributed by atoms with E-state index in [0.29, 0.717) is 25.4 Å². The van der Waals surface area contributed by atoms with Crippen molar-refractivity contribution < 1.29 is 19.1 Å². The molecule has 0 aromatic heterocycles. The van der Waals surface area contributed by atoms with Crippen molar-refractivity contribution in [3.8, 4) is 0 Å². The molecule has 328 valence electrons. The average molecular weight is 788 g/mol. The molecule has 1 heterocycles. The van der Waals surface area contributed by atoms with E-state index in [9.17, 15) is 14.4 Å². The van der Waals surface area contributed by atoms with Crippen molar-refractivity contribution in [3.05, 3.63) is 0 Å². The Morgan fingerprint density at radius 1 is 0.607 bits per heavy atom. The van der Waals surface area contributed by atoms with Gasteiger partial charge < -0.3 is 19.9 Å². The third kappa shape index (κ3) is 25.0. The van der Waals surface area contributed by atoms with E-state index in [1.165, 1.54) is 148 Å². The fourth-order valence-electron chi connectivity index (χ4n) is 9.27. The van der Waals surface area contributed by atoms with Crippen LogP contribution < -0.4 is 5.32 Å². The highest BCUT2D eigenvalue weighted by atomic mass is 16.5. The molecule has 2 rings (SSSR count). The lowest BCUT2D eigenvalue weighted by Crippen LogP contribution is -2.53. The number of hydrogen-bond acceptors (Lipinski definition) is 5. The van der Waals surface area contributed by atoms with Crippen LogP contribution in [0.4, 0.5) is 0 Å². The number of rotatable bonds is 35. The lowest BCUT2D eigenvalue weighted by atomic mass is 9.99. The molecule has 0 aromatic carbocycles. The molecule has 0 radical (unpaired) electrons. The van der Waals surface area contributed by atoms with E-state index in [0.717, 1.165) is 83.7 Å². The minimum atomic E-state index is -0.511. The maximum absolute atomic E-state index is 14.2. The van der Waals surface area contributed by atoms with Gasteiger partial charge in [0.15, 0.2) is 6.61 Å². The van der Waals surface area contributed by atoms with E-state index in [2.05, 4.69) is 31.0 Å². The number of carbonyl (C=O) groups is 3. The molecule has 0 aromatic rings. The van der Waals surface area contributed by atoms with Crippen LogP contribution in [0.1, 0.15) is 252 Å². The number of hydrogen-bond donors (Lipinski definition) is 1. The molecule has 7 heteroatoms. The number of piperidine rings is 1. The Morgan fingerprint density at radius 3 is 1.64 bits per heavy atom. The Kier molecular flexibility index (Phi) is 31.9. The Morgan fingerprint density at radius 2 is 1.11 bits per heavy atom. The zero-order valence-electron chi connectivity index (χ0n) is 37.5. The Balaban J connectivity index is 1.93. The number of likely N-dealkylation sites (tertiary alicyclic amines) is 1. The molecule has 1 saturated carbocycles. The molecule has 7 nitrogen and oxygen atoms in total. The van der Waals surface area contributed by atoms with Crippen molar-refractivity contribution in [2.45, 2.75) is 270 Å². The van der Waals surface area contributed by atoms with Crippen molar-refractivity contribution in [2.24, 2.45) is 0 Å². The fraction of sp³-hybridized carbons (Fsp3) is 0.939. The summed E-state index contributed by atoms with van der Waals surface area (Å²) in [5, 5.41) is 3.42. The smallest absolute Gasteiger partial charge is 0.306 e. The SMILES string of the molecule is CCCCCCCCCCCCCCCC(=O)OCC(=O)N(CCCN1CCCCC1CC)C(CCCCCCCCCCCC)C(=O)NC1CCCCCC1. The molecular formula is C49H93N3O4. The van der Waals surface area contributed by atoms with E-state index in [1.807, 2.05) is 4.90 Å². The van der Waals surface area contributed by atoms with Gasteiger partial charge in [-0.2, -0.15) is 0 Å². The lowest BCUT2D eigenvalue weighted by molar-refractivity contribution is -0.154. The van der Waals surface area contributed by atoms with E-state index >= 15 is 0 Å². The van der Waals surface area contributed by atoms with Crippen LogP contribution in [-0.4, -0.2) is 72.0 Å². The number of amides is 2. The van der Waals surface area contributed by atoms with Gasteiger partial charge in [0.25, 0.3) is 5.91 Å². The first kappa shape index (κ1) is 50.5. The molecule has 2 amide bonds. The van der Waals surface area contributed by atoms with Crippen molar-refractivity contribution in [1.29, 1.82) is 0 Å². The highest BCUT2D eigenvalue weighted by Gasteiger charge is 2.32. The van der Waals surface area contributed by atoms with Crippen molar-refractivity contribution in [1.82, 2.24) is 15.1 Å². The number of nitrogens with zero attached hydrogens (tertiary/aromatic N) is 2. The molecule has 2 aliphatic rings. The third-order valence-electron chi connectivity index (χ3n) is 12.9. The summed E-state index contributed by atoms with van der Waals surface area (Å²) in [5.74, 6) is -0.485. The van der Waals surface area contributed by atoms with Gasteiger partial charge in [0.1, 0.15) is 6.04 Å². The summed E-state index contributed by atoms with van der Waals surface area (Å²) >= 11 is 0. The van der Waals surface area contributed by atoms with E-state index in [-0.39, 0.29) is 30.4 Å². The second kappa shape index (κ2) is 35.3. The minimum absolute atomic E-state index is 0.00359. The number of ether oxygens (including phenoxy) is 1. The van der Waals surface area contributed by atoms with Gasteiger partial charge in [0.05, 0.1) is 0 Å². The Bertz CT molecular complexity index is 952. The molecule has 1 aliphatic carbocycles. The van der Waals surface area contributed by atoms with Crippen LogP contribution in [0.2, 0.25) is 0 Å². The number of esters is 1. The van der Waals surface area contributed by atoms with Gasteiger partial charge >= 0.3 is 5.97 Å². The second-order valence-electron chi connectivity index (χ2n) is 17.9. The van der Waals surface area contributed by atoms with Crippen LogP contribution in [0.15, 0.2) is 0 Å². The van der Waals surface area contributed by atoms with Crippen LogP contribution in [0.3, 0.4) is 0 Å². The van der Waals surface area contributed by atoms with Crippen LogP contribution >= 0.6 is 0 Å². The lowest BCUT2D eigenvalue weighted by Gasteiger charge is -2.37. The molecule has 2 atom stereocenters. The monoisotopic (exact) mass is 788 g/mol. The van der Waals surface area contributed by atoms with Gasteiger partial charge in [-0.05, 0) is 57.9 Å². The molecule has 0 spiro atoms. The largest absolute Gasteiger partial charge is 0.456 e. The number of unbranched alkanes of at least 4 members (excludes halogenated alkanes) is 21. The van der Waals surface area contributed by atoms with Gasteiger partial charge in [0.2, 0.25) is 5.91 Å². The fourth-order valence-corrected chi connectivity index (χ4v) is 9.27. The van der Waals surface area contributed by atoms with Crippen LogP contribution in [0, 0.1) is 0 Å². The molecular weight excluding hydrogens is 695 g/mol. The maximum Gasteiger partial charge on any atom is 0.306 e. The van der Waals surface area contributed by atoms with E-state index < -0.39 is 6.04 Å². The average Bonchev–Trinajstić information content (AvgIpc) is 3.48. The van der Waals surface area contributed by atoms with Crippen LogP contribution in [0.25, 0.3) is 0 Å². The molecule has 1 saturated heterocycles. The summed E-state index contributed by atoms with van der Waals surface area (Å²) < 4.78 is 5.65. The van der Waals surface area contributed by atoms with Gasteiger partial charge in [-0.15, -0.1) is 0 Å². The maximum atomic E-state index is 14.2. The molecule has 1 N–H and O–H groups in total. The number of carbonyl (C=O) groups excluding carboxylic acids is 3. The molecule has 0 bridgehead atoms. The summed E-state index contributed by atoms with van der Waals surface area (Å²) in [6.45, 7) is 9.15. The highest BCUT2D eigenvalue weighted by Crippen LogP contribution is 2.22. The quantitative estimate of drug-likeness (QED) is 0.0393. The Labute approximate surface area is 347 Å². The number of nitrogens with one attached hydrogen (secondary N) is 1. The molecule has 2 fully saturated rings. The normalized spacial score (nSPS) is 17.4. The van der Waals surface area contributed by atoms with E-state index in [1.54, 1.807) is 0 Å². The summed E-state index contributed by atoms with van der Waals surface area (Å²) in [5.41, 5.74) is 0. The summed E-state index contributed by atoms with van der Waals surface area (Å²) in [6.07, 6.45) is 42.4. The zero-order chi connectivity index (χ0) is 40.3. The Hall–Kier alpha value is -1.63. The third-order valence-corrected chi connectivity index (χ3v) is 12.9. The van der Waals surface area contributed by atoms with Gasteiger partial charge in [0, 0.05) is 31.6 Å². The summed E-state index contributed by atoms with van der Waals surface area (Å²) in [4.78, 5) is 45.5. The van der Waals surface area contributed by atoms with E-state index in [4.69, 9.17) is 4.74 Å². The zero-order valence-corrected chi connectivity index (χ0v) is 37.5. The topological polar surface area (TPSA) is 79.0 Å². The highest BCUT2D eigenvalue weighted by molar-refractivity contribution is 5.89. The van der Waals surface area contributed by atoms with Gasteiger partial charge in [-0.1, -0.05) is 194 Å².